The average Bonchev–Trinajstić information content (AvgIpc) is 3.76. The molecule has 0 amide bonds. The molecular formula is C24H31F3N8O11P2. The Bertz CT molecular complexity index is 1710. The van der Waals surface area contributed by atoms with Gasteiger partial charge in [0, 0.05) is 31.4 Å². The smallest absolute Gasteiger partial charge is 0.444 e. The Labute approximate surface area is 270 Å². The van der Waals surface area contributed by atoms with Crippen molar-refractivity contribution in [3.63, 3.8) is 0 Å². The largest absolute Gasteiger partial charge is 0.469 e. The van der Waals surface area contributed by atoms with Gasteiger partial charge in [-0.05, 0) is 18.9 Å². The van der Waals surface area contributed by atoms with E-state index in [1.54, 1.807) is 0 Å². The molecule has 0 aromatic carbocycles. The first kappa shape index (κ1) is 38.6. The lowest BCUT2D eigenvalue weighted by molar-refractivity contribution is -0.149. The zero-order valence-corrected chi connectivity index (χ0v) is 27.1. The molecule has 264 valence electrons. The number of aromatic nitrogens is 8. The fraction of sp³-hybridized carbons (Fsp3) is 0.458. The lowest BCUT2D eigenvalue weighted by atomic mass is 10.2. The Hall–Kier alpha value is -3.88. The first-order valence-electron chi connectivity index (χ1n) is 13.9. The van der Waals surface area contributed by atoms with E-state index >= 15 is 0 Å². The highest BCUT2D eigenvalue weighted by Crippen LogP contribution is 2.36. The van der Waals surface area contributed by atoms with Crippen LogP contribution in [0.25, 0.3) is 28.7 Å². The highest BCUT2D eigenvalue weighted by atomic mass is 31.2. The van der Waals surface area contributed by atoms with Crippen molar-refractivity contribution < 1.29 is 65.4 Å². The highest BCUT2D eigenvalue weighted by Gasteiger charge is 2.38. The summed E-state index contributed by atoms with van der Waals surface area (Å²) in [5.74, 6) is -3.46. The van der Waals surface area contributed by atoms with Gasteiger partial charge in [0.1, 0.15) is 17.1 Å². The molecule has 0 aliphatic carbocycles. The van der Waals surface area contributed by atoms with E-state index in [0.717, 1.165) is 0 Å². The maximum absolute atomic E-state index is 13.7. The summed E-state index contributed by atoms with van der Waals surface area (Å²) in [6.07, 6.45) is 0.198. The summed E-state index contributed by atoms with van der Waals surface area (Å²) >= 11 is 0. The maximum Gasteiger partial charge on any atom is 0.469 e. The Kier molecular flexibility index (Phi) is 14.1. The summed E-state index contributed by atoms with van der Waals surface area (Å²) in [7, 11) is -7.27. The van der Waals surface area contributed by atoms with Crippen LogP contribution in [0.1, 0.15) is 45.4 Å². The van der Waals surface area contributed by atoms with Crippen molar-refractivity contribution in [1.82, 2.24) is 38.7 Å². The average molecular weight is 726 g/mol. The van der Waals surface area contributed by atoms with E-state index in [1.807, 2.05) is 13.8 Å². The monoisotopic (exact) mass is 726 g/mol. The van der Waals surface area contributed by atoms with E-state index in [1.165, 1.54) is 40.0 Å². The van der Waals surface area contributed by atoms with E-state index in [9.17, 15) is 27.3 Å². The molecule has 48 heavy (non-hydrogen) atoms. The number of hydrogen-bond acceptors (Lipinski definition) is 14. The van der Waals surface area contributed by atoms with E-state index < -0.39 is 52.9 Å². The predicted molar refractivity (Wildman–Crippen MR) is 156 cm³/mol. The summed E-state index contributed by atoms with van der Waals surface area (Å²) in [6, 6.07) is 1.53. The molecule has 0 saturated carbocycles. The third-order valence-corrected chi connectivity index (χ3v) is 6.59. The molecule has 0 unspecified atom stereocenters. The molecule has 0 radical (unpaired) electrons. The van der Waals surface area contributed by atoms with Crippen LogP contribution in [0.5, 0.6) is 0 Å². The minimum absolute atomic E-state index is 0.0177. The van der Waals surface area contributed by atoms with Crippen LogP contribution < -0.4 is 0 Å². The van der Waals surface area contributed by atoms with Gasteiger partial charge in [0.15, 0.2) is 19.3 Å². The van der Waals surface area contributed by atoms with Gasteiger partial charge in [0.2, 0.25) is 5.78 Å². The number of phosphoric ester groups is 1. The molecule has 19 nitrogen and oxygen atoms in total. The van der Waals surface area contributed by atoms with Gasteiger partial charge in [-0.3, -0.25) is 18.5 Å². The second-order valence-electron chi connectivity index (χ2n) is 9.04. The van der Waals surface area contributed by atoms with Crippen molar-refractivity contribution in [2.45, 2.75) is 59.2 Å². The zero-order chi connectivity index (χ0) is 35.5. The molecule has 0 aliphatic heterocycles. The summed E-state index contributed by atoms with van der Waals surface area (Å²) in [5.41, 5.74) is 0.116. The molecular weight excluding hydrogens is 695 g/mol. The van der Waals surface area contributed by atoms with Crippen LogP contribution >= 0.6 is 16.4 Å². The molecule has 24 heteroatoms. The van der Waals surface area contributed by atoms with Gasteiger partial charge in [0.25, 0.3) is 5.82 Å². The van der Waals surface area contributed by atoms with Crippen LogP contribution in [0.2, 0.25) is 0 Å². The molecule has 4 aromatic heterocycles. The van der Waals surface area contributed by atoms with E-state index in [-0.39, 0.29) is 68.5 Å². The minimum Gasteiger partial charge on any atom is -0.444 e. The summed E-state index contributed by atoms with van der Waals surface area (Å²) in [5, 5.41) is 3.46. The summed E-state index contributed by atoms with van der Waals surface area (Å²) in [4.78, 5) is 75.4. The Morgan fingerprint density at radius 2 is 1.67 bits per heavy atom. The van der Waals surface area contributed by atoms with Gasteiger partial charge in [-0.1, -0.05) is 13.8 Å². The maximum atomic E-state index is 13.7. The number of nitrogens with zero attached hydrogens (tertiary/aromatic N) is 8. The topological polar surface area (TPSA) is 248 Å². The van der Waals surface area contributed by atoms with Crippen molar-refractivity contribution in [2.24, 2.45) is 0 Å². The van der Waals surface area contributed by atoms with Crippen LogP contribution in [0.4, 0.5) is 13.2 Å². The summed E-state index contributed by atoms with van der Waals surface area (Å²) < 4.78 is 74.2. The number of halogens is 3. The van der Waals surface area contributed by atoms with Gasteiger partial charge < -0.3 is 38.1 Å². The van der Waals surface area contributed by atoms with Gasteiger partial charge in [0.05, 0.1) is 19.5 Å². The number of ether oxygens (including phenoxy) is 2. The number of esters is 2. The summed E-state index contributed by atoms with van der Waals surface area (Å²) in [6.45, 7) is 2.35. The molecule has 4 rings (SSSR count). The van der Waals surface area contributed by atoms with Crippen molar-refractivity contribution in [3.8, 4) is 22.9 Å². The molecule has 0 spiro atoms. The Morgan fingerprint density at radius 1 is 1.00 bits per heavy atom. The minimum atomic E-state index is -4.97. The van der Waals surface area contributed by atoms with E-state index in [0.29, 0.717) is 4.68 Å². The third-order valence-electron chi connectivity index (χ3n) is 5.66. The second kappa shape index (κ2) is 17.5. The molecule has 4 aromatic rings. The predicted octanol–water partition coefficient (Wildman–Crippen LogP) is 2.80. The lowest BCUT2D eigenvalue weighted by Gasteiger charge is -2.08. The first-order valence-corrected chi connectivity index (χ1v) is 16.6. The SMILES string of the molecule is CC.O=C(CCCOP(=O)(O)O)OCn1cnc(-c2c(-c3nc(C(F)(F)F)nn3COC(=O)CCCOP(O)O)nc3ncccn23)c1. The molecule has 0 fully saturated rings. The van der Waals surface area contributed by atoms with Gasteiger partial charge >= 0.3 is 34.5 Å². The Balaban J connectivity index is 0.00000307. The van der Waals surface area contributed by atoms with Crippen molar-refractivity contribution in [3.05, 3.63) is 36.8 Å². The molecule has 0 saturated heterocycles. The van der Waals surface area contributed by atoms with Crippen molar-refractivity contribution >= 4 is 34.1 Å². The number of alkyl halides is 3. The Morgan fingerprint density at radius 3 is 2.31 bits per heavy atom. The fourth-order valence-electron chi connectivity index (χ4n) is 3.76. The van der Waals surface area contributed by atoms with Crippen LogP contribution in [-0.2, 0) is 52.3 Å². The number of fused-ring (bicyclic) bond motifs is 1. The van der Waals surface area contributed by atoms with Gasteiger partial charge in [-0.2, -0.15) is 13.2 Å². The van der Waals surface area contributed by atoms with Crippen molar-refractivity contribution in [2.75, 3.05) is 13.2 Å². The number of hydrogen-bond donors (Lipinski definition) is 4. The van der Waals surface area contributed by atoms with E-state index in [2.05, 4.69) is 34.1 Å². The normalized spacial score (nSPS) is 11.9. The quantitative estimate of drug-likeness (QED) is 0.0736. The van der Waals surface area contributed by atoms with E-state index in [4.69, 9.17) is 29.0 Å². The van der Waals surface area contributed by atoms with Gasteiger partial charge in [-0.15, -0.1) is 5.10 Å². The number of rotatable bonds is 16. The third kappa shape index (κ3) is 11.4. The second-order valence-corrected chi connectivity index (χ2v) is 11.0. The first-order chi connectivity index (χ1) is 22.7. The van der Waals surface area contributed by atoms with Crippen LogP contribution in [-0.4, -0.2) is 83.4 Å². The molecule has 0 atom stereocenters. The molecule has 0 bridgehead atoms. The van der Waals surface area contributed by atoms with Crippen LogP contribution in [0.3, 0.4) is 0 Å². The number of carbonyl (C=O) groups excluding carboxylic acids is 2. The molecule has 4 N–H and O–H groups in total. The molecule has 0 aliphatic rings. The highest BCUT2D eigenvalue weighted by molar-refractivity contribution is 7.46. The van der Waals surface area contributed by atoms with Crippen LogP contribution in [0.15, 0.2) is 31.0 Å². The number of phosphoric acid groups is 1. The lowest BCUT2D eigenvalue weighted by Crippen LogP contribution is -2.13. The van der Waals surface area contributed by atoms with Crippen LogP contribution in [0, 0.1) is 0 Å². The zero-order valence-electron chi connectivity index (χ0n) is 25.3. The number of carbonyl (C=O) groups is 2. The number of imidazole rings is 2. The van der Waals surface area contributed by atoms with Crippen molar-refractivity contribution in [1.29, 1.82) is 0 Å². The molecule has 4 heterocycles. The van der Waals surface area contributed by atoms with Gasteiger partial charge in [-0.25, -0.2) is 29.2 Å². The standard InChI is InChI=1S/C22H25F3N8O11P2.C2H6/c23-22(24,25)20-29-19(33(30-20)13-42-16(35)4-1-8-43-45(36)37)17-18(32-7-3-6-26-21(32)28-17)14-10-31(11-27-14)12-41-15(34)5-2-9-44-46(38,39)40;1-2/h3,6-7,10-11,36-37H,1-2,4-5,8-9,12-13H2,(H2,38,39,40);1-2H3. The fourth-order valence-corrected chi connectivity index (χ4v) is 4.41.